The summed E-state index contributed by atoms with van der Waals surface area (Å²) in [6.07, 6.45) is 4.20. The second-order valence-corrected chi connectivity index (χ2v) is 7.62. The van der Waals surface area contributed by atoms with Crippen LogP contribution in [0, 0.1) is 11.8 Å². The minimum atomic E-state index is 0.571. The van der Waals surface area contributed by atoms with Crippen LogP contribution >= 0.6 is 0 Å². The van der Waals surface area contributed by atoms with Gasteiger partial charge in [0, 0.05) is 37.8 Å². The molecule has 0 N–H and O–H groups in total. The quantitative estimate of drug-likeness (QED) is 0.748. The van der Waals surface area contributed by atoms with E-state index >= 15 is 0 Å². The minimum Gasteiger partial charge on any atom is -0.380 e. The molecule has 0 spiro atoms. The number of piperazine rings is 1. The van der Waals surface area contributed by atoms with Gasteiger partial charge in [-0.25, -0.2) is 0 Å². The lowest BCUT2D eigenvalue weighted by molar-refractivity contribution is -0.0609. The Morgan fingerprint density at radius 1 is 1.10 bits per heavy atom. The predicted octanol–water partition coefficient (Wildman–Crippen LogP) is 3.24. The largest absolute Gasteiger partial charge is 0.380 e. The second kappa shape index (κ2) is 7.94. The summed E-state index contributed by atoms with van der Waals surface area (Å²) in [5.74, 6) is 1.38. The van der Waals surface area contributed by atoms with Crippen LogP contribution in [0.3, 0.4) is 0 Å². The van der Waals surface area contributed by atoms with E-state index in [0.29, 0.717) is 18.0 Å². The molecule has 124 valence electrons. The Balaban J connectivity index is 2.11. The third-order valence-electron chi connectivity index (χ3n) is 5.48. The monoisotopic (exact) mass is 296 g/mol. The lowest BCUT2D eigenvalue weighted by Gasteiger charge is -2.53. The molecule has 3 nitrogen and oxygen atoms in total. The van der Waals surface area contributed by atoms with Gasteiger partial charge < -0.3 is 4.74 Å². The van der Waals surface area contributed by atoms with E-state index < -0.39 is 0 Å². The molecule has 2 saturated heterocycles. The molecule has 0 saturated carbocycles. The van der Waals surface area contributed by atoms with Gasteiger partial charge >= 0.3 is 0 Å². The molecular formula is C18H36N2O. The Hall–Kier alpha value is -0.120. The van der Waals surface area contributed by atoms with Crippen LogP contribution < -0.4 is 0 Å². The highest BCUT2D eigenvalue weighted by atomic mass is 16.5. The highest BCUT2D eigenvalue weighted by molar-refractivity contribution is 4.95. The van der Waals surface area contributed by atoms with Gasteiger partial charge in [0.05, 0.1) is 6.61 Å². The predicted molar refractivity (Wildman–Crippen MR) is 89.7 cm³/mol. The molecule has 21 heavy (non-hydrogen) atoms. The van der Waals surface area contributed by atoms with Gasteiger partial charge in [0.15, 0.2) is 0 Å². The zero-order chi connectivity index (χ0) is 15.4. The molecule has 0 aromatic rings. The number of fused-ring (bicyclic) bond motifs is 1. The average molecular weight is 296 g/mol. The van der Waals surface area contributed by atoms with Gasteiger partial charge in [-0.05, 0) is 38.1 Å². The van der Waals surface area contributed by atoms with Crippen LogP contribution in [0.5, 0.6) is 0 Å². The average Bonchev–Trinajstić information content (AvgIpc) is 2.46. The minimum absolute atomic E-state index is 0.571. The van der Waals surface area contributed by atoms with Crippen molar-refractivity contribution in [3.63, 3.8) is 0 Å². The topological polar surface area (TPSA) is 15.7 Å². The standard InChI is InChI=1S/C18H36N2O/c1-6-21-13-18(15(4)5)20-11-16-9-7-8-10-19(16)12-17(20)14(2)3/h14-18H,6-13H2,1-5H3. The number of hydrogen-bond donors (Lipinski definition) is 0. The first-order valence-electron chi connectivity index (χ1n) is 9.12. The normalized spacial score (nSPS) is 29.9. The Morgan fingerprint density at radius 2 is 1.86 bits per heavy atom. The summed E-state index contributed by atoms with van der Waals surface area (Å²) in [5, 5.41) is 0. The van der Waals surface area contributed by atoms with Crippen LogP contribution in [0.15, 0.2) is 0 Å². The third-order valence-corrected chi connectivity index (χ3v) is 5.48. The molecule has 0 aromatic carbocycles. The van der Waals surface area contributed by atoms with Crippen molar-refractivity contribution < 1.29 is 4.74 Å². The first-order chi connectivity index (χ1) is 10.0. The zero-order valence-corrected chi connectivity index (χ0v) is 14.8. The lowest BCUT2D eigenvalue weighted by atomic mass is 9.89. The fourth-order valence-corrected chi connectivity index (χ4v) is 4.12. The fourth-order valence-electron chi connectivity index (χ4n) is 4.12. The molecule has 3 atom stereocenters. The highest BCUT2D eigenvalue weighted by Crippen LogP contribution is 2.30. The van der Waals surface area contributed by atoms with E-state index in [1.807, 2.05) is 0 Å². The maximum Gasteiger partial charge on any atom is 0.0624 e. The van der Waals surface area contributed by atoms with Gasteiger partial charge in [-0.2, -0.15) is 0 Å². The summed E-state index contributed by atoms with van der Waals surface area (Å²) in [6.45, 7) is 17.2. The molecule has 2 aliphatic rings. The first kappa shape index (κ1) is 17.2. The maximum atomic E-state index is 5.82. The molecule has 0 aromatic heterocycles. The Kier molecular flexibility index (Phi) is 6.51. The Bertz CT molecular complexity index is 296. The molecule has 3 heteroatoms. The second-order valence-electron chi connectivity index (χ2n) is 7.62. The molecule has 2 rings (SSSR count). The van der Waals surface area contributed by atoms with E-state index in [1.165, 1.54) is 38.9 Å². The molecular weight excluding hydrogens is 260 g/mol. The first-order valence-corrected chi connectivity index (χ1v) is 9.12. The summed E-state index contributed by atoms with van der Waals surface area (Å²) >= 11 is 0. The van der Waals surface area contributed by atoms with Gasteiger partial charge in [-0.1, -0.05) is 34.1 Å². The number of hydrogen-bond acceptors (Lipinski definition) is 3. The molecule has 0 aliphatic carbocycles. The molecule has 0 amide bonds. The summed E-state index contributed by atoms with van der Waals surface area (Å²) < 4.78 is 5.82. The van der Waals surface area contributed by atoms with Crippen molar-refractivity contribution >= 4 is 0 Å². The van der Waals surface area contributed by atoms with E-state index in [-0.39, 0.29) is 0 Å². The van der Waals surface area contributed by atoms with E-state index in [1.54, 1.807) is 0 Å². The van der Waals surface area contributed by atoms with Gasteiger partial charge in [-0.15, -0.1) is 0 Å². The maximum absolute atomic E-state index is 5.82. The van der Waals surface area contributed by atoms with Crippen LogP contribution in [0.4, 0.5) is 0 Å². The number of ether oxygens (including phenoxy) is 1. The lowest BCUT2D eigenvalue weighted by Crippen LogP contribution is -2.64. The fraction of sp³-hybridized carbons (Fsp3) is 1.00. The number of piperidine rings is 1. The highest BCUT2D eigenvalue weighted by Gasteiger charge is 2.39. The van der Waals surface area contributed by atoms with Crippen LogP contribution in [0.1, 0.15) is 53.9 Å². The van der Waals surface area contributed by atoms with Crippen molar-refractivity contribution in [2.24, 2.45) is 11.8 Å². The molecule has 3 unspecified atom stereocenters. The third kappa shape index (κ3) is 4.20. The van der Waals surface area contributed by atoms with E-state index in [9.17, 15) is 0 Å². The van der Waals surface area contributed by atoms with Gasteiger partial charge in [0.25, 0.3) is 0 Å². The molecule has 2 heterocycles. The van der Waals surface area contributed by atoms with Gasteiger partial charge in [-0.3, -0.25) is 9.80 Å². The van der Waals surface area contributed by atoms with Crippen molar-refractivity contribution in [2.45, 2.75) is 72.0 Å². The van der Waals surface area contributed by atoms with E-state index in [0.717, 1.165) is 25.2 Å². The van der Waals surface area contributed by atoms with Crippen molar-refractivity contribution in [1.82, 2.24) is 9.80 Å². The molecule has 0 bridgehead atoms. The van der Waals surface area contributed by atoms with Crippen molar-refractivity contribution in [3.8, 4) is 0 Å². The zero-order valence-electron chi connectivity index (χ0n) is 14.8. The molecule has 2 aliphatic heterocycles. The van der Waals surface area contributed by atoms with Crippen molar-refractivity contribution in [3.05, 3.63) is 0 Å². The Morgan fingerprint density at radius 3 is 2.48 bits per heavy atom. The summed E-state index contributed by atoms with van der Waals surface area (Å²) in [5.41, 5.74) is 0. The number of rotatable bonds is 6. The smallest absolute Gasteiger partial charge is 0.0624 e. The van der Waals surface area contributed by atoms with Crippen molar-refractivity contribution in [2.75, 3.05) is 32.8 Å². The van der Waals surface area contributed by atoms with Crippen LogP contribution in [-0.4, -0.2) is 60.8 Å². The summed E-state index contributed by atoms with van der Waals surface area (Å²) in [6, 6.07) is 2.05. The number of nitrogens with zero attached hydrogens (tertiary/aromatic N) is 2. The molecule has 0 radical (unpaired) electrons. The SMILES string of the molecule is CCOCC(C(C)C)N1CC2CCCCN2CC1C(C)C. The van der Waals surface area contributed by atoms with E-state index in [4.69, 9.17) is 4.74 Å². The van der Waals surface area contributed by atoms with Crippen LogP contribution in [0.2, 0.25) is 0 Å². The van der Waals surface area contributed by atoms with Crippen LogP contribution in [-0.2, 0) is 4.74 Å². The van der Waals surface area contributed by atoms with Crippen LogP contribution in [0.25, 0.3) is 0 Å². The summed E-state index contributed by atoms with van der Waals surface area (Å²) in [7, 11) is 0. The van der Waals surface area contributed by atoms with E-state index in [2.05, 4.69) is 44.4 Å². The molecule has 2 fully saturated rings. The van der Waals surface area contributed by atoms with Gasteiger partial charge in [0.2, 0.25) is 0 Å². The Labute approximate surface area is 132 Å². The van der Waals surface area contributed by atoms with Gasteiger partial charge in [0.1, 0.15) is 0 Å². The van der Waals surface area contributed by atoms with Crippen molar-refractivity contribution in [1.29, 1.82) is 0 Å². The summed E-state index contributed by atoms with van der Waals surface area (Å²) in [4.78, 5) is 5.57.